The highest BCUT2D eigenvalue weighted by Gasteiger charge is 2.19. The lowest BCUT2D eigenvalue weighted by molar-refractivity contribution is 0.166. The Morgan fingerprint density at radius 1 is 0.652 bits per heavy atom. The molecule has 0 amide bonds. The molecule has 0 bridgehead atoms. The van der Waals surface area contributed by atoms with Crippen LogP contribution >= 0.6 is 0 Å². The fourth-order valence-corrected chi connectivity index (χ4v) is 2.48. The molecule has 0 saturated heterocycles. The molecule has 2 heterocycles. The molecule has 2 aromatic carbocycles. The lowest BCUT2D eigenvalue weighted by atomic mass is 10.2. The summed E-state index contributed by atoms with van der Waals surface area (Å²) in [7, 11) is 0.0274. The number of fused-ring (bicyclic) bond motifs is 2. The van der Waals surface area contributed by atoms with Crippen molar-refractivity contribution in [3.05, 3.63) is 36.4 Å². The molecule has 2 aromatic rings. The van der Waals surface area contributed by atoms with Crippen LogP contribution in [0.15, 0.2) is 36.4 Å². The lowest BCUT2D eigenvalue weighted by Gasteiger charge is -2.22. The van der Waals surface area contributed by atoms with Gasteiger partial charge in [-0.2, -0.15) is 0 Å². The fraction of sp³-hybridized carbons (Fsp3) is 0.250. The minimum absolute atomic E-state index is 0.0274. The highest BCUT2D eigenvalue weighted by atomic mass is 16.6. The van der Waals surface area contributed by atoms with Crippen molar-refractivity contribution in [2.75, 3.05) is 26.4 Å². The van der Waals surface area contributed by atoms with Gasteiger partial charge >= 0.3 is 7.69 Å². The molecular weight excluding hydrogens is 299 g/mol. The zero-order valence-electron chi connectivity index (χ0n) is 12.4. The molecule has 0 aliphatic carbocycles. The smallest absolute Gasteiger partial charge is 0.526 e. The molecule has 0 atom stereocenters. The summed E-state index contributed by atoms with van der Waals surface area (Å²) in [5.41, 5.74) is 0. The van der Waals surface area contributed by atoms with Gasteiger partial charge in [-0.25, -0.2) is 0 Å². The molecule has 0 N–H and O–H groups in total. The van der Waals surface area contributed by atoms with E-state index in [0.717, 1.165) is 0 Å². The highest BCUT2D eigenvalue weighted by Crippen LogP contribution is 2.40. The van der Waals surface area contributed by atoms with Crippen molar-refractivity contribution in [2.45, 2.75) is 0 Å². The molecule has 2 aliphatic heterocycles. The second-order valence-electron chi connectivity index (χ2n) is 4.97. The van der Waals surface area contributed by atoms with Gasteiger partial charge in [0.05, 0.1) is 0 Å². The first-order valence-electron chi connectivity index (χ1n) is 7.44. The van der Waals surface area contributed by atoms with E-state index >= 15 is 0 Å². The van der Waals surface area contributed by atoms with Crippen LogP contribution in [0.1, 0.15) is 0 Å². The van der Waals surface area contributed by atoms with Crippen LogP contribution in [0.4, 0.5) is 0 Å². The van der Waals surface area contributed by atoms with Gasteiger partial charge in [0.2, 0.25) is 11.5 Å². The highest BCUT2D eigenvalue weighted by molar-refractivity contribution is 6.21. The Kier molecular flexibility index (Phi) is 3.75. The van der Waals surface area contributed by atoms with Gasteiger partial charge in [-0.05, 0) is 24.3 Å². The zero-order chi connectivity index (χ0) is 15.5. The second-order valence-corrected chi connectivity index (χ2v) is 4.97. The number of ether oxygens (including phenoxy) is 4. The van der Waals surface area contributed by atoms with Gasteiger partial charge in [-0.3, -0.25) is 0 Å². The minimum atomic E-state index is 0.0274. The van der Waals surface area contributed by atoms with Crippen LogP contribution in [0.25, 0.3) is 0 Å². The van der Waals surface area contributed by atoms with Gasteiger partial charge in [-0.1, -0.05) is 12.1 Å². The van der Waals surface area contributed by atoms with Crippen LogP contribution in [0, 0.1) is 0 Å². The van der Waals surface area contributed by atoms with E-state index < -0.39 is 0 Å². The predicted octanol–water partition coefficient (Wildman–Crippen LogP) is 1.95. The maximum Gasteiger partial charge on any atom is 0.576 e. The van der Waals surface area contributed by atoms with Crippen molar-refractivity contribution in [3.8, 4) is 34.5 Å². The van der Waals surface area contributed by atoms with E-state index in [0.29, 0.717) is 60.9 Å². The fourth-order valence-electron chi connectivity index (χ4n) is 2.48. The van der Waals surface area contributed by atoms with E-state index in [4.69, 9.17) is 28.3 Å². The van der Waals surface area contributed by atoms with E-state index in [1.807, 2.05) is 36.4 Å². The summed E-state index contributed by atoms with van der Waals surface area (Å²) in [4.78, 5) is 0. The Balaban J connectivity index is 1.45. The summed E-state index contributed by atoms with van der Waals surface area (Å²) in [6.45, 7) is 2.10. The first-order valence-corrected chi connectivity index (χ1v) is 7.44. The summed E-state index contributed by atoms with van der Waals surface area (Å²) in [6.07, 6.45) is 0. The summed E-state index contributed by atoms with van der Waals surface area (Å²) in [5, 5.41) is 0. The minimum Gasteiger partial charge on any atom is -0.526 e. The van der Waals surface area contributed by atoms with Crippen molar-refractivity contribution in [1.29, 1.82) is 0 Å². The standard InChI is InChI=1S/C16H15BO6/c1-3-11-15(20-9-7-18-11)13(5-1)22-17-23-14-6-2-4-12-16(14)21-10-8-19-12/h1-6,17H,7-10H2. The van der Waals surface area contributed by atoms with E-state index in [1.54, 1.807) is 0 Å². The molecule has 6 nitrogen and oxygen atoms in total. The van der Waals surface area contributed by atoms with Crippen molar-refractivity contribution < 1.29 is 28.3 Å². The van der Waals surface area contributed by atoms with Crippen LogP contribution in [0.2, 0.25) is 0 Å². The second kappa shape index (κ2) is 6.20. The molecule has 0 fully saturated rings. The average molecular weight is 314 g/mol. The quantitative estimate of drug-likeness (QED) is 0.804. The molecule has 0 saturated carbocycles. The molecule has 0 spiro atoms. The predicted molar refractivity (Wildman–Crippen MR) is 83.3 cm³/mol. The van der Waals surface area contributed by atoms with Crippen molar-refractivity contribution >= 4 is 7.69 Å². The van der Waals surface area contributed by atoms with Crippen LogP contribution < -0.4 is 28.3 Å². The molecule has 7 heteroatoms. The summed E-state index contributed by atoms with van der Waals surface area (Å²) < 4.78 is 33.6. The van der Waals surface area contributed by atoms with Gasteiger partial charge in [0.15, 0.2) is 11.5 Å². The topological polar surface area (TPSA) is 55.4 Å². The third-order valence-electron chi connectivity index (χ3n) is 3.49. The Hall–Kier alpha value is -2.70. The third-order valence-corrected chi connectivity index (χ3v) is 3.49. The van der Waals surface area contributed by atoms with Gasteiger partial charge in [0, 0.05) is 0 Å². The molecule has 23 heavy (non-hydrogen) atoms. The first kappa shape index (κ1) is 13.9. The third kappa shape index (κ3) is 2.82. The van der Waals surface area contributed by atoms with Crippen LogP contribution in [-0.4, -0.2) is 34.1 Å². The van der Waals surface area contributed by atoms with Gasteiger partial charge in [-0.15, -0.1) is 0 Å². The molecular formula is C16H15BO6. The van der Waals surface area contributed by atoms with Crippen molar-refractivity contribution in [2.24, 2.45) is 0 Å². The monoisotopic (exact) mass is 314 g/mol. The Labute approximate surface area is 134 Å². The number of rotatable bonds is 4. The largest absolute Gasteiger partial charge is 0.576 e. The zero-order valence-corrected chi connectivity index (χ0v) is 12.4. The van der Waals surface area contributed by atoms with E-state index in [1.165, 1.54) is 0 Å². The average Bonchev–Trinajstić information content (AvgIpc) is 2.62. The molecule has 118 valence electrons. The van der Waals surface area contributed by atoms with E-state index in [9.17, 15) is 0 Å². The Bertz CT molecular complexity index is 645. The maximum absolute atomic E-state index is 5.68. The summed E-state index contributed by atoms with van der Waals surface area (Å²) in [6, 6.07) is 11.0. The maximum atomic E-state index is 5.68. The summed E-state index contributed by atoms with van der Waals surface area (Å²) in [5.74, 6) is 3.76. The molecule has 4 rings (SSSR count). The number of hydrogen-bond donors (Lipinski definition) is 0. The number of para-hydroxylation sites is 2. The molecule has 0 unspecified atom stereocenters. The number of benzene rings is 2. The van der Waals surface area contributed by atoms with Crippen molar-refractivity contribution in [1.82, 2.24) is 0 Å². The van der Waals surface area contributed by atoms with Gasteiger partial charge in [0.1, 0.15) is 37.9 Å². The van der Waals surface area contributed by atoms with Crippen LogP contribution in [-0.2, 0) is 0 Å². The van der Waals surface area contributed by atoms with Crippen LogP contribution in [0.3, 0.4) is 0 Å². The Morgan fingerprint density at radius 2 is 1.13 bits per heavy atom. The lowest BCUT2D eigenvalue weighted by Crippen LogP contribution is -2.19. The SMILES string of the molecule is B(Oc1cccc2c1OCCO2)Oc1cccc2c1OCCO2. The van der Waals surface area contributed by atoms with Crippen LogP contribution in [0.5, 0.6) is 34.5 Å². The molecule has 0 aromatic heterocycles. The first-order chi connectivity index (χ1) is 11.4. The van der Waals surface area contributed by atoms with Gasteiger partial charge < -0.3 is 28.3 Å². The molecule has 0 radical (unpaired) electrons. The van der Waals surface area contributed by atoms with Crippen molar-refractivity contribution in [3.63, 3.8) is 0 Å². The normalized spacial score (nSPS) is 14.8. The number of hydrogen-bond acceptors (Lipinski definition) is 6. The van der Waals surface area contributed by atoms with E-state index in [-0.39, 0.29) is 7.69 Å². The molecule has 2 aliphatic rings. The summed E-state index contributed by atoms with van der Waals surface area (Å²) >= 11 is 0. The van der Waals surface area contributed by atoms with Gasteiger partial charge in [0.25, 0.3) is 0 Å². The Morgan fingerprint density at radius 3 is 1.65 bits per heavy atom. The van der Waals surface area contributed by atoms with E-state index in [2.05, 4.69) is 0 Å².